The van der Waals surface area contributed by atoms with E-state index in [9.17, 15) is 14.4 Å². The van der Waals surface area contributed by atoms with Crippen molar-refractivity contribution in [3.8, 4) is 11.1 Å². The van der Waals surface area contributed by atoms with E-state index < -0.39 is 5.91 Å². The first-order chi connectivity index (χ1) is 17.8. The summed E-state index contributed by atoms with van der Waals surface area (Å²) in [6, 6.07) is 19.5. The maximum atomic E-state index is 13.4. The normalized spacial score (nSPS) is 11.0. The number of halogens is 1. The second kappa shape index (κ2) is 10.1. The van der Waals surface area contributed by atoms with Crippen molar-refractivity contribution in [2.75, 3.05) is 5.32 Å². The summed E-state index contributed by atoms with van der Waals surface area (Å²) in [5.41, 5.74) is 4.72. The van der Waals surface area contributed by atoms with Gasteiger partial charge in [-0.2, -0.15) is 0 Å². The second-order valence-corrected chi connectivity index (χ2v) is 10.1. The maximum absolute atomic E-state index is 13.4. The van der Waals surface area contributed by atoms with Crippen LogP contribution >= 0.6 is 22.9 Å². The molecule has 8 heteroatoms. The third kappa shape index (κ3) is 4.96. The van der Waals surface area contributed by atoms with Crippen LogP contribution in [0.25, 0.3) is 21.3 Å². The van der Waals surface area contributed by atoms with Gasteiger partial charge in [0.25, 0.3) is 5.56 Å². The van der Waals surface area contributed by atoms with Gasteiger partial charge in [0.05, 0.1) is 17.4 Å². The topological polar surface area (TPSA) is 81.1 Å². The SMILES string of the molecule is Cc1ccc(-c2csc3ncn(CC(=O)Nc4ccc(Cl)cc4C(=O)c4ccccc4)c(=O)c23)c(C)c1. The molecule has 0 spiro atoms. The summed E-state index contributed by atoms with van der Waals surface area (Å²) in [4.78, 5) is 44.6. The molecule has 0 saturated carbocycles. The number of rotatable bonds is 6. The first-order valence-corrected chi connectivity index (χ1v) is 12.8. The highest BCUT2D eigenvalue weighted by Gasteiger charge is 2.19. The fraction of sp³-hybridized carbons (Fsp3) is 0.103. The number of hydrogen-bond acceptors (Lipinski definition) is 5. The van der Waals surface area contributed by atoms with E-state index in [1.165, 1.54) is 28.3 Å². The van der Waals surface area contributed by atoms with Crippen molar-refractivity contribution in [3.05, 3.63) is 116 Å². The Morgan fingerprint density at radius 3 is 2.54 bits per heavy atom. The average Bonchev–Trinajstić information content (AvgIpc) is 3.31. The molecule has 6 nitrogen and oxygen atoms in total. The fourth-order valence-corrected chi connectivity index (χ4v) is 5.37. The van der Waals surface area contributed by atoms with Crippen LogP contribution in [0, 0.1) is 13.8 Å². The Labute approximate surface area is 222 Å². The van der Waals surface area contributed by atoms with Crippen molar-refractivity contribution in [2.24, 2.45) is 0 Å². The van der Waals surface area contributed by atoms with Crippen LogP contribution in [-0.2, 0) is 11.3 Å². The van der Waals surface area contributed by atoms with Crippen molar-refractivity contribution in [1.82, 2.24) is 9.55 Å². The van der Waals surface area contributed by atoms with Crippen LogP contribution in [0.5, 0.6) is 0 Å². The Hall–Kier alpha value is -4.07. The maximum Gasteiger partial charge on any atom is 0.263 e. The Morgan fingerprint density at radius 2 is 1.78 bits per heavy atom. The molecule has 1 N–H and O–H groups in total. The second-order valence-electron chi connectivity index (χ2n) is 8.76. The number of thiophene rings is 1. The monoisotopic (exact) mass is 527 g/mol. The molecular formula is C29H22ClN3O3S. The van der Waals surface area contributed by atoms with Crippen molar-refractivity contribution < 1.29 is 9.59 Å². The molecule has 5 aromatic rings. The fourth-order valence-electron chi connectivity index (χ4n) is 4.30. The van der Waals surface area contributed by atoms with Crippen LogP contribution in [-0.4, -0.2) is 21.2 Å². The molecule has 37 heavy (non-hydrogen) atoms. The molecule has 3 aromatic carbocycles. The van der Waals surface area contributed by atoms with E-state index >= 15 is 0 Å². The number of hydrogen-bond donors (Lipinski definition) is 1. The van der Waals surface area contributed by atoms with Crippen LogP contribution < -0.4 is 10.9 Å². The number of nitrogens with zero attached hydrogens (tertiary/aromatic N) is 2. The zero-order valence-corrected chi connectivity index (χ0v) is 21.7. The highest BCUT2D eigenvalue weighted by Crippen LogP contribution is 2.33. The van der Waals surface area contributed by atoms with Gasteiger partial charge >= 0.3 is 0 Å². The standard InChI is InChI=1S/C29H22ClN3O3S/c1-17-8-10-21(18(2)12-17)23-15-37-28-26(23)29(36)33(16-31-28)14-25(34)32-24-11-9-20(30)13-22(24)27(35)19-6-4-3-5-7-19/h3-13,15-16H,14H2,1-2H3,(H,32,34). The molecule has 0 aliphatic heterocycles. The Kier molecular flexibility index (Phi) is 6.74. The predicted molar refractivity (Wildman–Crippen MR) is 149 cm³/mol. The number of ketones is 1. The molecule has 0 bridgehead atoms. The van der Waals surface area contributed by atoms with Gasteiger partial charge in [0, 0.05) is 27.1 Å². The smallest absolute Gasteiger partial charge is 0.263 e. The van der Waals surface area contributed by atoms with E-state index in [-0.39, 0.29) is 23.5 Å². The predicted octanol–water partition coefficient (Wildman–Crippen LogP) is 6.26. The molecule has 0 aliphatic rings. The number of aromatic nitrogens is 2. The summed E-state index contributed by atoms with van der Waals surface area (Å²) < 4.78 is 1.28. The summed E-state index contributed by atoms with van der Waals surface area (Å²) in [6.07, 6.45) is 1.38. The van der Waals surface area contributed by atoms with E-state index in [0.717, 1.165) is 22.3 Å². The summed E-state index contributed by atoms with van der Waals surface area (Å²) in [7, 11) is 0. The molecule has 0 unspecified atom stereocenters. The molecule has 2 heterocycles. The molecule has 0 aliphatic carbocycles. The van der Waals surface area contributed by atoms with Gasteiger partial charge in [0.2, 0.25) is 5.91 Å². The van der Waals surface area contributed by atoms with Crippen molar-refractivity contribution in [2.45, 2.75) is 20.4 Å². The lowest BCUT2D eigenvalue weighted by molar-refractivity contribution is -0.116. The van der Waals surface area contributed by atoms with E-state index in [4.69, 9.17) is 11.6 Å². The van der Waals surface area contributed by atoms with Crippen LogP contribution in [0.2, 0.25) is 5.02 Å². The molecule has 184 valence electrons. The van der Waals surface area contributed by atoms with E-state index in [1.807, 2.05) is 37.4 Å². The van der Waals surface area contributed by atoms with E-state index in [1.54, 1.807) is 36.4 Å². The van der Waals surface area contributed by atoms with Gasteiger partial charge in [-0.15, -0.1) is 11.3 Å². The highest BCUT2D eigenvalue weighted by molar-refractivity contribution is 7.17. The minimum absolute atomic E-state index is 0.258. The molecule has 0 radical (unpaired) electrons. The number of nitrogens with one attached hydrogen (secondary N) is 1. The number of carbonyl (C=O) groups excluding carboxylic acids is 2. The Morgan fingerprint density at radius 1 is 1.00 bits per heavy atom. The molecule has 0 saturated heterocycles. The number of carbonyl (C=O) groups is 2. The van der Waals surface area contributed by atoms with Gasteiger partial charge in [0.15, 0.2) is 5.78 Å². The minimum atomic E-state index is -0.462. The molecule has 0 fully saturated rings. The highest BCUT2D eigenvalue weighted by atomic mass is 35.5. The third-order valence-electron chi connectivity index (χ3n) is 6.08. The lowest BCUT2D eigenvalue weighted by Gasteiger charge is -2.12. The van der Waals surface area contributed by atoms with Gasteiger partial charge in [-0.1, -0.05) is 65.7 Å². The average molecular weight is 528 g/mol. The quantitative estimate of drug-likeness (QED) is 0.264. The molecule has 1 amide bonds. The number of fused-ring (bicyclic) bond motifs is 1. The van der Waals surface area contributed by atoms with E-state index in [0.29, 0.717) is 26.5 Å². The minimum Gasteiger partial charge on any atom is -0.324 e. The first kappa shape index (κ1) is 24.6. The Balaban J connectivity index is 1.45. The summed E-state index contributed by atoms with van der Waals surface area (Å²) in [5.74, 6) is -0.731. The van der Waals surface area contributed by atoms with Crippen molar-refractivity contribution in [1.29, 1.82) is 0 Å². The largest absolute Gasteiger partial charge is 0.324 e. The number of benzene rings is 3. The number of anilines is 1. The van der Waals surface area contributed by atoms with Crippen molar-refractivity contribution >= 4 is 50.5 Å². The summed E-state index contributed by atoms with van der Waals surface area (Å²) in [6.45, 7) is 3.77. The summed E-state index contributed by atoms with van der Waals surface area (Å²) in [5, 5.41) is 5.55. The molecule has 5 rings (SSSR count). The van der Waals surface area contributed by atoms with Gasteiger partial charge < -0.3 is 5.32 Å². The van der Waals surface area contributed by atoms with E-state index in [2.05, 4.69) is 16.4 Å². The van der Waals surface area contributed by atoms with Gasteiger partial charge in [0.1, 0.15) is 11.4 Å². The van der Waals surface area contributed by atoms with Gasteiger partial charge in [-0.3, -0.25) is 19.0 Å². The zero-order chi connectivity index (χ0) is 26.1. The lowest BCUT2D eigenvalue weighted by atomic mass is 9.99. The summed E-state index contributed by atoms with van der Waals surface area (Å²) >= 11 is 7.54. The van der Waals surface area contributed by atoms with Crippen LogP contribution in [0.15, 0.2) is 83.2 Å². The number of aryl methyl sites for hydroxylation is 2. The number of amides is 1. The van der Waals surface area contributed by atoms with Crippen LogP contribution in [0.3, 0.4) is 0 Å². The molecule has 0 atom stereocenters. The van der Waals surface area contributed by atoms with Gasteiger partial charge in [-0.05, 0) is 43.2 Å². The molecular weight excluding hydrogens is 506 g/mol. The Bertz CT molecular complexity index is 1720. The van der Waals surface area contributed by atoms with Crippen molar-refractivity contribution in [3.63, 3.8) is 0 Å². The first-order valence-electron chi connectivity index (χ1n) is 11.6. The zero-order valence-electron chi connectivity index (χ0n) is 20.1. The van der Waals surface area contributed by atoms with Crippen LogP contribution in [0.1, 0.15) is 27.0 Å². The van der Waals surface area contributed by atoms with Crippen LogP contribution in [0.4, 0.5) is 5.69 Å². The lowest BCUT2D eigenvalue weighted by Crippen LogP contribution is -2.28. The van der Waals surface area contributed by atoms with Gasteiger partial charge in [-0.25, -0.2) is 4.98 Å². The molecule has 2 aromatic heterocycles. The third-order valence-corrected chi connectivity index (χ3v) is 7.20.